The van der Waals surface area contributed by atoms with Gasteiger partial charge < -0.3 is 0 Å². The minimum atomic E-state index is 1.12. The Bertz CT molecular complexity index is 2450. The molecule has 0 amide bonds. The molecule has 0 aliphatic rings. The van der Waals surface area contributed by atoms with E-state index in [4.69, 9.17) is 0 Å². The molecular formula is C38H21BrS. The molecule has 40 heavy (non-hydrogen) atoms. The minimum Gasteiger partial charge on any atom is -0.135 e. The van der Waals surface area contributed by atoms with Crippen molar-refractivity contribution in [2.45, 2.75) is 0 Å². The van der Waals surface area contributed by atoms with E-state index in [0.717, 1.165) is 4.47 Å². The molecule has 186 valence electrons. The molecule has 9 rings (SSSR count). The fourth-order valence-corrected chi connectivity index (χ4v) is 8.37. The molecule has 0 aliphatic carbocycles. The van der Waals surface area contributed by atoms with Crippen molar-refractivity contribution < 1.29 is 0 Å². The van der Waals surface area contributed by atoms with Gasteiger partial charge in [-0.3, -0.25) is 0 Å². The summed E-state index contributed by atoms with van der Waals surface area (Å²) >= 11 is 5.85. The highest BCUT2D eigenvalue weighted by molar-refractivity contribution is 9.10. The molecule has 2 heteroatoms. The van der Waals surface area contributed by atoms with E-state index in [1.54, 1.807) is 0 Å². The van der Waals surface area contributed by atoms with E-state index in [1.165, 1.54) is 85.5 Å². The Morgan fingerprint density at radius 2 is 1.15 bits per heavy atom. The van der Waals surface area contributed by atoms with Crippen molar-refractivity contribution in [3.63, 3.8) is 0 Å². The van der Waals surface area contributed by atoms with Crippen molar-refractivity contribution in [1.29, 1.82) is 0 Å². The largest absolute Gasteiger partial charge is 0.135 e. The number of rotatable bonds is 2. The molecule has 0 fully saturated rings. The van der Waals surface area contributed by atoms with E-state index in [2.05, 4.69) is 143 Å². The van der Waals surface area contributed by atoms with Crippen molar-refractivity contribution in [3.05, 3.63) is 132 Å². The predicted molar refractivity (Wildman–Crippen MR) is 179 cm³/mol. The Kier molecular flexibility index (Phi) is 4.73. The molecule has 8 aromatic carbocycles. The smallest absolute Gasteiger partial charge is 0.0362 e. The van der Waals surface area contributed by atoms with Gasteiger partial charge in [-0.2, -0.15) is 0 Å². The zero-order chi connectivity index (χ0) is 26.4. The van der Waals surface area contributed by atoms with Gasteiger partial charge in [0.1, 0.15) is 0 Å². The van der Waals surface area contributed by atoms with Crippen molar-refractivity contribution in [2.24, 2.45) is 0 Å². The molecule has 0 spiro atoms. The van der Waals surface area contributed by atoms with Crippen molar-refractivity contribution in [2.75, 3.05) is 0 Å². The van der Waals surface area contributed by atoms with Gasteiger partial charge >= 0.3 is 0 Å². The van der Waals surface area contributed by atoms with Crippen LogP contribution in [0, 0.1) is 0 Å². The van der Waals surface area contributed by atoms with Gasteiger partial charge in [0.25, 0.3) is 0 Å². The summed E-state index contributed by atoms with van der Waals surface area (Å²) in [5.41, 5.74) is 5.02. The summed E-state index contributed by atoms with van der Waals surface area (Å²) < 4.78 is 3.84. The average molecular weight is 590 g/mol. The Hall–Kier alpha value is -4.24. The fraction of sp³-hybridized carbons (Fsp3) is 0. The Morgan fingerprint density at radius 1 is 0.400 bits per heavy atom. The SMILES string of the molecule is Brc1cc(-c2ccc3sc4cccc5ccc2c3c54)cc2ccc(-c3cccc4c3ccc3ccccc34)cc12. The topological polar surface area (TPSA) is 0 Å². The minimum absolute atomic E-state index is 1.12. The molecule has 0 saturated carbocycles. The van der Waals surface area contributed by atoms with Crippen LogP contribution in [0.3, 0.4) is 0 Å². The third kappa shape index (κ3) is 3.18. The van der Waals surface area contributed by atoms with Crippen molar-refractivity contribution in [3.8, 4) is 22.3 Å². The maximum Gasteiger partial charge on any atom is 0.0362 e. The fourth-order valence-electron chi connectivity index (χ4n) is 6.63. The van der Waals surface area contributed by atoms with E-state index in [0.29, 0.717) is 0 Å². The second kappa shape index (κ2) is 8.38. The average Bonchev–Trinajstić information content (AvgIpc) is 3.39. The molecule has 0 atom stereocenters. The van der Waals surface area contributed by atoms with Crippen LogP contribution in [0.25, 0.3) is 85.5 Å². The van der Waals surface area contributed by atoms with Gasteiger partial charge in [0.2, 0.25) is 0 Å². The number of benzene rings is 8. The first-order valence-corrected chi connectivity index (χ1v) is 15.1. The molecule has 0 saturated heterocycles. The molecule has 0 nitrogen and oxygen atoms in total. The van der Waals surface area contributed by atoms with Gasteiger partial charge in [0.05, 0.1) is 0 Å². The third-order valence-corrected chi connectivity index (χ3v) is 10.3. The highest BCUT2D eigenvalue weighted by Crippen LogP contribution is 2.45. The first-order valence-electron chi connectivity index (χ1n) is 13.5. The maximum absolute atomic E-state index is 3.96. The number of fused-ring (bicyclic) bond motifs is 4. The van der Waals surface area contributed by atoms with Crippen LogP contribution in [-0.2, 0) is 0 Å². The lowest BCUT2D eigenvalue weighted by Gasteiger charge is -2.13. The van der Waals surface area contributed by atoms with Crippen LogP contribution in [0.15, 0.2) is 132 Å². The van der Waals surface area contributed by atoms with E-state index in [-0.39, 0.29) is 0 Å². The van der Waals surface area contributed by atoms with Gasteiger partial charge in [-0.15, -0.1) is 11.3 Å². The summed E-state index contributed by atoms with van der Waals surface area (Å²) in [4.78, 5) is 0. The van der Waals surface area contributed by atoms with Crippen LogP contribution in [0.1, 0.15) is 0 Å². The third-order valence-electron chi connectivity index (χ3n) is 8.48. The summed E-state index contributed by atoms with van der Waals surface area (Å²) in [5, 5.41) is 13.1. The summed E-state index contributed by atoms with van der Waals surface area (Å²) in [6, 6.07) is 47.1. The molecule has 1 aromatic heterocycles. The zero-order valence-electron chi connectivity index (χ0n) is 21.4. The van der Waals surface area contributed by atoms with Crippen LogP contribution >= 0.6 is 27.3 Å². The Balaban J connectivity index is 1.22. The van der Waals surface area contributed by atoms with Crippen molar-refractivity contribution in [1.82, 2.24) is 0 Å². The van der Waals surface area contributed by atoms with Crippen LogP contribution in [-0.4, -0.2) is 0 Å². The molecule has 1 heterocycles. The lowest BCUT2D eigenvalue weighted by atomic mass is 9.91. The van der Waals surface area contributed by atoms with Gasteiger partial charge in [-0.1, -0.05) is 113 Å². The van der Waals surface area contributed by atoms with Gasteiger partial charge in [0, 0.05) is 24.6 Å². The normalized spacial score (nSPS) is 12.1. The number of thiophene rings is 1. The van der Waals surface area contributed by atoms with Gasteiger partial charge in [-0.25, -0.2) is 0 Å². The lowest BCUT2D eigenvalue weighted by molar-refractivity contribution is 1.65. The predicted octanol–water partition coefficient (Wildman–Crippen LogP) is 12.2. The Labute approximate surface area is 243 Å². The van der Waals surface area contributed by atoms with E-state index >= 15 is 0 Å². The second-order valence-corrected chi connectivity index (χ2v) is 12.6. The second-order valence-electron chi connectivity index (χ2n) is 10.6. The maximum atomic E-state index is 3.96. The van der Waals surface area contributed by atoms with Gasteiger partial charge in [0.15, 0.2) is 0 Å². The van der Waals surface area contributed by atoms with E-state index < -0.39 is 0 Å². The Morgan fingerprint density at radius 3 is 2.12 bits per heavy atom. The summed E-state index contributed by atoms with van der Waals surface area (Å²) in [5.74, 6) is 0. The summed E-state index contributed by atoms with van der Waals surface area (Å²) in [6.07, 6.45) is 0. The highest BCUT2D eigenvalue weighted by atomic mass is 79.9. The molecular weight excluding hydrogens is 568 g/mol. The first-order chi connectivity index (χ1) is 19.7. The monoisotopic (exact) mass is 588 g/mol. The van der Waals surface area contributed by atoms with Crippen LogP contribution < -0.4 is 0 Å². The van der Waals surface area contributed by atoms with Crippen LogP contribution in [0.4, 0.5) is 0 Å². The van der Waals surface area contributed by atoms with Crippen LogP contribution in [0.5, 0.6) is 0 Å². The van der Waals surface area contributed by atoms with Crippen LogP contribution in [0.2, 0.25) is 0 Å². The molecule has 0 radical (unpaired) electrons. The standard InChI is InChI=1S/C38H21BrS/c39-34-21-26(29-17-18-36-38-32(29)16-14-23-6-3-10-35(40-36)37(23)38)19-24-11-12-25(20-33(24)34)28-8-4-9-30-27-7-2-1-5-22(27)13-15-31(28)30/h1-21H. The summed E-state index contributed by atoms with van der Waals surface area (Å²) in [7, 11) is 0. The first kappa shape index (κ1) is 22.6. The highest BCUT2D eigenvalue weighted by Gasteiger charge is 2.16. The zero-order valence-corrected chi connectivity index (χ0v) is 23.8. The van der Waals surface area contributed by atoms with Gasteiger partial charge in [-0.05, 0) is 95.7 Å². The lowest BCUT2D eigenvalue weighted by Crippen LogP contribution is -1.87. The summed E-state index contributed by atoms with van der Waals surface area (Å²) in [6.45, 7) is 0. The molecule has 0 aliphatic heterocycles. The van der Waals surface area contributed by atoms with Crippen molar-refractivity contribution >= 4 is 90.5 Å². The molecule has 0 bridgehead atoms. The number of hydrogen-bond acceptors (Lipinski definition) is 1. The van der Waals surface area contributed by atoms with E-state index in [1.807, 2.05) is 11.3 Å². The molecule has 0 unspecified atom stereocenters. The quantitative estimate of drug-likeness (QED) is 0.176. The molecule has 0 N–H and O–H groups in total. The number of halogens is 1. The van der Waals surface area contributed by atoms with E-state index in [9.17, 15) is 0 Å². The molecule has 9 aromatic rings. The number of hydrogen-bond donors (Lipinski definition) is 0.